The van der Waals surface area contributed by atoms with Crippen molar-refractivity contribution in [2.24, 2.45) is 0 Å². The molecular formula is H2BaCeNiOYZr. The van der Waals surface area contributed by atoms with Gasteiger partial charge in [-0.15, -0.1) is 0 Å². The van der Waals surface area contributed by atoms with Gasteiger partial charge in [-0.2, -0.15) is 0 Å². The average molecular weight is 534 g/mol. The SMILES string of the molecule is [Ba+2].[Ce].[H-].[H-].[O]=[Ni].[Y].[Zr]. The van der Waals surface area contributed by atoms with E-state index in [1.807, 2.05) is 0 Å². The molecule has 0 spiro atoms. The van der Waals surface area contributed by atoms with E-state index in [4.69, 9.17) is 3.90 Å². The second kappa shape index (κ2) is 31.9. The van der Waals surface area contributed by atoms with E-state index in [1.54, 1.807) is 0 Å². The molecule has 0 saturated carbocycles. The minimum atomic E-state index is 0. The predicted molar refractivity (Wildman–Crippen MR) is 8.66 cm³/mol. The summed E-state index contributed by atoms with van der Waals surface area (Å²) in [5.41, 5.74) is 0. The second-order valence-corrected chi connectivity index (χ2v) is 0. The molecule has 0 aliphatic rings. The quantitative estimate of drug-likeness (QED) is 0.391. The topological polar surface area (TPSA) is 17.1 Å². The first-order valence-corrected chi connectivity index (χ1v) is 0.532. The van der Waals surface area contributed by atoms with Crippen molar-refractivity contribution in [3.63, 3.8) is 0 Å². The minimum absolute atomic E-state index is 0. The molecule has 0 unspecified atom stereocenters. The molecule has 0 amide bonds. The summed E-state index contributed by atoms with van der Waals surface area (Å²) >= 11 is 2.62. The fraction of sp³-hybridized carbons (Fsp3) is 0. The molecule has 0 aromatic rings. The van der Waals surface area contributed by atoms with Gasteiger partial charge < -0.3 is 2.85 Å². The molecule has 6 heavy (non-hydrogen) atoms. The largest absolute Gasteiger partial charge is 0 e. The van der Waals surface area contributed by atoms with Gasteiger partial charge in [-0.1, -0.05) is 0 Å². The van der Waals surface area contributed by atoms with Crippen molar-refractivity contribution in [3.05, 3.63) is 0 Å². The number of hydrogen-bond donors (Lipinski definition) is 0. The summed E-state index contributed by atoms with van der Waals surface area (Å²) in [5.74, 6) is 0. The predicted octanol–water partition coefficient (Wildman–Crippen LogP) is -0.282. The molecule has 0 bridgehead atoms. The van der Waals surface area contributed by atoms with Gasteiger partial charge in [-0.05, 0) is 0 Å². The van der Waals surface area contributed by atoms with Crippen LogP contribution in [0.25, 0.3) is 0 Å². The van der Waals surface area contributed by atoms with Gasteiger partial charge in [0, 0.05) is 101 Å². The molecule has 0 aromatic carbocycles. The first kappa shape index (κ1) is 30.3. The maximum Gasteiger partial charge on any atom is 0 e. The van der Waals surface area contributed by atoms with Crippen LogP contribution in [0.5, 0.6) is 0 Å². The summed E-state index contributed by atoms with van der Waals surface area (Å²) in [7, 11) is 0. The number of hydrogen-bond acceptors (Lipinski definition) is 1. The van der Waals surface area contributed by atoms with Gasteiger partial charge >= 0.3 is 68.2 Å². The van der Waals surface area contributed by atoms with E-state index < -0.39 is 0 Å². The zero-order chi connectivity index (χ0) is 2.00. The van der Waals surface area contributed by atoms with Crippen LogP contribution in [-0.2, 0) is 78.2 Å². The normalized spacial score (nSPS) is 1.00. The third kappa shape index (κ3) is 22.9. The van der Waals surface area contributed by atoms with Crippen LogP contribution >= 0.6 is 0 Å². The minimum Gasteiger partial charge on any atom is 0 e. The zero-order valence-electron chi connectivity index (χ0n) is 5.01. The first-order chi connectivity index (χ1) is 1.00. The maximum atomic E-state index is 7.88. The van der Waals surface area contributed by atoms with Crippen LogP contribution in [0.2, 0.25) is 0 Å². The molecule has 1 nitrogen and oxygen atoms in total. The van der Waals surface area contributed by atoms with Gasteiger partial charge in [0.05, 0.1) is 0 Å². The summed E-state index contributed by atoms with van der Waals surface area (Å²) in [5, 5.41) is 0. The van der Waals surface area contributed by atoms with E-state index >= 15 is 0 Å². The molecule has 0 fully saturated rings. The van der Waals surface area contributed by atoms with Gasteiger partial charge in [0.15, 0.2) is 0 Å². The van der Waals surface area contributed by atoms with E-state index in [0.29, 0.717) is 0 Å². The molecule has 0 saturated heterocycles. The summed E-state index contributed by atoms with van der Waals surface area (Å²) in [6, 6.07) is 0. The molecule has 0 atom stereocenters. The smallest absolute Gasteiger partial charge is 0 e. The summed E-state index contributed by atoms with van der Waals surface area (Å²) < 4.78 is 7.88. The van der Waals surface area contributed by atoms with Gasteiger partial charge in [0.25, 0.3) is 0 Å². The first-order valence-electron chi connectivity index (χ1n) is 0.129. The van der Waals surface area contributed by atoms with E-state index in [1.165, 1.54) is 0 Å². The fourth-order valence-corrected chi connectivity index (χ4v) is 0. The summed E-state index contributed by atoms with van der Waals surface area (Å²) in [6.45, 7) is 0. The molecular weight excluding hydrogens is 532 g/mol. The molecule has 0 N–H and O–H groups in total. The molecule has 0 aliphatic heterocycles. The van der Waals surface area contributed by atoms with Crippen molar-refractivity contribution < 1.29 is 123 Å². The third-order valence-corrected chi connectivity index (χ3v) is 0. The summed E-state index contributed by atoms with van der Waals surface area (Å²) in [4.78, 5) is 0. The average Bonchev–Trinajstić information content (AvgIpc) is 1.00. The van der Waals surface area contributed by atoms with Crippen molar-refractivity contribution in [1.82, 2.24) is 0 Å². The second-order valence-electron chi connectivity index (χ2n) is 0. The van der Waals surface area contributed by atoms with Crippen molar-refractivity contribution in [1.29, 1.82) is 0 Å². The van der Waals surface area contributed by atoms with Gasteiger partial charge in [-0.25, -0.2) is 0 Å². The Morgan fingerprint density at radius 3 is 1.33 bits per heavy atom. The van der Waals surface area contributed by atoms with Crippen LogP contribution < -0.4 is 0 Å². The monoisotopic (exact) mass is 533 g/mol. The van der Waals surface area contributed by atoms with Crippen LogP contribution in [-0.4, -0.2) is 48.9 Å². The Balaban J connectivity index is -0.000000000333. The molecule has 6 heteroatoms. The van der Waals surface area contributed by atoms with E-state index in [-0.39, 0.29) is 152 Å². The van der Waals surface area contributed by atoms with Crippen molar-refractivity contribution in [2.75, 3.05) is 0 Å². The Morgan fingerprint density at radius 2 is 1.33 bits per heavy atom. The molecule has 31 valence electrons. The Hall–Kier alpha value is 5.23. The van der Waals surface area contributed by atoms with Crippen molar-refractivity contribution in [2.45, 2.75) is 0 Å². The Labute approximate surface area is 166 Å². The van der Waals surface area contributed by atoms with Crippen LogP contribution in [0.4, 0.5) is 0 Å². The van der Waals surface area contributed by atoms with Crippen LogP contribution in [0.15, 0.2) is 0 Å². The van der Waals surface area contributed by atoms with Gasteiger partial charge in [-0.3, -0.25) is 0 Å². The van der Waals surface area contributed by atoms with Crippen LogP contribution in [0.3, 0.4) is 0 Å². The Bertz CT molecular complexity index is 22.0. The van der Waals surface area contributed by atoms with Crippen LogP contribution in [0.1, 0.15) is 2.85 Å². The van der Waals surface area contributed by atoms with Crippen LogP contribution in [0, 0.1) is 41.7 Å². The summed E-state index contributed by atoms with van der Waals surface area (Å²) in [6.07, 6.45) is 0. The zero-order valence-corrected chi connectivity index (χ0v) is 16.9. The molecule has 0 aromatic heterocycles. The Kier molecular flexibility index (Phi) is 161. The standard InChI is InChI=1S/Ba.Ce.Ni.O.Y.Zr.2H/q+2;;;;;;2*-1. The van der Waals surface area contributed by atoms with E-state index in [2.05, 4.69) is 15.4 Å². The van der Waals surface area contributed by atoms with Gasteiger partial charge in [0.1, 0.15) is 0 Å². The number of rotatable bonds is 0. The molecule has 0 rings (SSSR count). The van der Waals surface area contributed by atoms with E-state index in [0.717, 1.165) is 0 Å². The fourth-order valence-electron chi connectivity index (χ4n) is 0. The third-order valence-electron chi connectivity index (χ3n) is 0. The Morgan fingerprint density at radius 1 is 1.33 bits per heavy atom. The maximum absolute atomic E-state index is 7.88. The molecule has 0 aliphatic carbocycles. The van der Waals surface area contributed by atoms with Gasteiger partial charge in [0.2, 0.25) is 0 Å². The molecule has 1 radical (unpaired) electrons. The van der Waals surface area contributed by atoms with Crippen molar-refractivity contribution in [3.8, 4) is 0 Å². The van der Waals surface area contributed by atoms with Crippen molar-refractivity contribution >= 4 is 48.9 Å². The van der Waals surface area contributed by atoms with E-state index in [9.17, 15) is 0 Å². The molecule has 0 heterocycles.